The summed E-state index contributed by atoms with van der Waals surface area (Å²) in [5, 5.41) is 0.0821. The molecule has 0 rings (SSSR count). The van der Waals surface area contributed by atoms with Crippen molar-refractivity contribution in [1.82, 2.24) is 0 Å². The molecule has 1 nitrogen and oxygen atoms in total. The van der Waals surface area contributed by atoms with Gasteiger partial charge in [0, 0.05) is 17.7 Å². The Kier molecular flexibility index (Phi) is 5.02. The normalized spacial score (nSPS) is 20.0. The Hall–Kier alpha value is 0.810. The van der Waals surface area contributed by atoms with Crippen molar-refractivity contribution in [2.75, 3.05) is 12.3 Å². The molecule has 0 aliphatic rings. The first-order chi connectivity index (χ1) is 4.48. The van der Waals surface area contributed by atoms with Gasteiger partial charge in [-0.1, -0.05) is 18.2 Å². The molecular formula is C6H13Cl2OP. The maximum atomic E-state index is 11.2. The summed E-state index contributed by atoms with van der Waals surface area (Å²) in [6.45, 7) is 1.38. The van der Waals surface area contributed by atoms with Gasteiger partial charge >= 0.3 is 0 Å². The highest BCUT2D eigenvalue weighted by atomic mass is 35.7. The lowest BCUT2D eigenvalue weighted by Gasteiger charge is -2.07. The van der Waals surface area contributed by atoms with E-state index in [1.54, 1.807) is 0 Å². The smallest absolute Gasteiger partial charge is 0.169 e. The van der Waals surface area contributed by atoms with E-state index in [0.29, 0.717) is 12.3 Å². The van der Waals surface area contributed by atoms with Gasteiger partial charge in [0.25, 0.3) is 0 Å². The first-order valence-corrected chi connectivity index (χ1v) is 6.81. The fraction of sp³-hybridized carbons (Fsp3) is 1.00. The second kappa shape index (κ2) is 4.64. The molecule has 0 saturated heterocycles. The van der Waals surface area contributed by atoms with Gasteiger partial charge in [0.05, 0.1) is 0 Å². The summed E-state index contributed by atoms with van der Waals surface area (Å²) in [5.74, 6) is 0. The minimum atomic E-state index is -2.34. The van der Waals surface area contributed by atoms with Crippen LogP contribution >= 0.6 is 29.3 Å². The summed E-state index contributed by atoms with van der Waals surface area (Å²) in [6.07, 6.45) is 1.88. The van der Waals surface area contributed by atoms with E-state index in [1.807, 2.05) is 13.8 Å². The quantitative estimate of drug-likeness (QED) is 0.504. The van der Waals surface area contributed by atoms with Gasteiger partial charge in [-0.2, -0.15) is 0 Å². The van der Waals surface area contributed by atoms with E-state index in [9.17, 15) is 4.57 Å². The molecule has 0 saturated carbocycles. The fourth-order valence-corrected chi connectivity index (χ4v) is 2.17. The summed E-state index contributed by atoms with van der Waals surface area (Å²) >= 11 is 11.3. The fourth-order valence-electron chi connectivity index (χ4n) is 0.529. The van der Waals surface area contributed by atoms with Gasteiger partial charge in [-0.25, -0.2) is 0 Å². The van der Waals surface area contributed by atoms with E-state index >= 15 is 0 Å². The van der Waals surface area contributed by atoms with Gasteiger partial charge in [-0.3, -0.25) is 0 Å². The summed E-state index contributed by atoms with van der Waals surface area (Å²) < 4.78 is 11.2. The second-order valence-electron chi connectivity index (χ2n) is 2.40. The minimum Gasteiger partial charge on any atom is -0.307 e. The average Bonchev–Trinajstić information content (AvgIpc) is 1.85. The lowest BCUT2D eigenvalue weighted by Crippen LogP contribution is -1.95. The molecule has 0 spiro atoms. The molecule has 62 valence electrons. The Bertz CT molecular complexity index is 136. The molecule has 0 fully saturated rings. The molecule has 0 amide bonds. The summed E-state index contributed by atoms with van der Waals surface area (Å²) in [5.41, 5.74) is 0. The Morgan fingerprint density at radius 2 is 2.10 bits per heavy atom. The first-order valence-electron chi connectivity index (χ1n) is 3.39. The van der Waals surface area contributed by atoms with Crippen LogP contribution in [0.15, 0.2) is 0 Å². The van der Waals surface area contributed by atoms with Crippen LogP contribution in [0.5, 0.6) is 0 Å². The number of hydrogen-bond donors (Lipinski definition) is 0. The topological polar surface area (TPSA) is 17.1 Å². The standard InChI is InChI=1S/C6H13Cl2OP/c1-3-10(8,9)5-4-6(2)7/h6H,3-5H2,1-2H3. The third kappa shape index (κ3) is 5.58. The van der Waals surface area contributed by atoms with Crippen LogP contribution in [-0.4, -0.2) is 17.7 Å². The Morgan fingerprint density at radius 3 is 2.40 bits per heavy atom. The molecule has 0 aromatic carbocycles. The van der Waals surface area contributed by atoms with Gasteiger partial charge in [0.1, 0.15) is 0 Å². The third-order valence-corrected chi connectivity index (χ3v) is 4.65. The van der Waals surface area contributed by atoms with Gasteiger partial charge < -0.3 is 4.57 Å². The molecule has 2 unspecified atom stereocenters. The molecule has 0 radical (unpaired) electrons. The van der Waals surface area contributed by atoms with E-state index in [-0.39, 0.29) is 5.38 Å². The number of halogens is 2. The average molecular weight is 203 g/mol. The van der Waals surface area contributed by atoms with Gasteiger partial charge in [0.15, 0.2) is 6.49 Å². The van der Waals surface area contributed by atoms with Crippen molar-refractivity contribution in [3.05, 3.63) is 0 Å². The van der Waals surface area contributed by atoms with Crippen LogP contribution < -0.4 is 0 Å². The SMILES string of the molecule is CCP(=O)(Cl)CCC(C)Cl. The van der Waals surface area contributed by atoms with E-state index in [4.69, 9.17) is 22.8 Å². The molecule has 0 aromatic heterocycles. The highest BCUT2D eigenvalue weighted by Gasteiger charge is 2.15. The van der Waals surface area contributed by atoms with Gasteiger partial charge in [0.2, 0.25) is 0 Å². The van der Waals surface area contributed by atoms with Crippen LogP contribution in [0.4, 0.5) is 0 Å². The zero-order chi connectivity index (χ0) is 8.20. The van der Waals surface area contributed by atoms with Gasteiger partial charge in [-0.05, 0) is 13.3 Å². The first kappa shape index (κ1) is 10.8. The molecule has 0 aliphatic carbocycles. The highest BCUT2D eigenvalue weighted by molar-refractivity contribution is 7.89. The van der Waals surface area contributed by atoms with Crippen molar-refractivity contribution in [2.24, 2.45) is 0 Å². The van der Waals surface area contributed by atoms with Crippen molar-refractivity contribution >= 4 is 29.3 Å². The number of hydrogen-bond acceptors (Lipinski definition) is 1. The summed E-state index contributed by atoms with van der Waals surface area (Å²) in [4.78, 5) is 0. The molecule has 0 aliphatic heterocycles. The van der Waals surface area contributed by atoms with E-state index in [0.717, 1.165) is 6.42 Å². The Labute approximate surface area is 72.3 Å². The summed E-state index contributed by atoms with van der Waals surface area (Å²) in [7, 11) is 0. The molecule has 0 bridgehead atoms. The maximum absolute atomic E-state index is 11.2. The monoisotopic (exact) mass is 202 g/mol. The molecule has 0 aromatic rings. The lowest BCUT2D eigenvalue weighted by molar-refractivity contribution is 0.583. The van der Waals surface area contributed by atoms with Crippen LogP contribution in [0, 0.1) is 0 Å². The number of alkyl halides is 1. The largest absolute Gasteiger partial charge is 0.307 e. The molecule has 10 heavy (non-hydrogen) atoms. The van der Waals surface area contributed by atoms with Crippen molar-refractivity contribution in [1.29, 1.82) is 0 Å². The van der Waals surface area contributed by atoms with Crippen molar-refractivity contribution in [3.63, 3.8) is 0 Å². The number of rotatable bonds is 4. The molecule has 2 atom stereocenters. The zero-order valence-corrected chi connectivity index (χ0v) is 8.72. The molecule has 0 N–H and O–H groups in total. The van der Waals surface area contributed by atoms with Gasteiger partial charge in [-0.15, -0.1) is 11.6 Å². The predicted octanol–water partition coefficient (Wildman–Crippen LogP) is 3.54. The van der Waals surface area contributed by atoms with Crippen LogP contribution in [-0.2, 0) is 4.57 Å². The zero-order valence-electron chi connectivity index (χ0n) is 6.31. The molecule has 4 heteroatoms. The van der Waals surface area contributed by atoms with Crippen molar-refractivity contribution < 1.29 is 4.57 Å². The van der Waals surface area contributed by atoms with Crippen LogP contribution in [0.25, 0.3) is 0 Å². The Balaban J connectivity index is 3.58. The molecular weight excluding hydrogens is 190 g/mol. The highest BCUT2D eigenvalue weighted by Crippen LogP contribution is 2.51. The second-order valence-corrected chi connectivity index (χ2v) is 7.65. The third-order valence-electron chi connectivity index (χ3n) is 1.33. The maximum Gasteiger partial charge on any atom is 0.169 e. The Morgan fingerprint density at radius 1 is 1.60 bits per heavy atom. The minimum absolute atomic E-state index is 0.0821. The van der Waals surface area contributed by atoms with Crippen LogP contribution in [0.1, 0.15) is 20.3 Å². The lowest BCUT2D eigenvalue weighted by atomic mass is 10.4. The van der Waals surface area contributed by atoms with Crippen LogP contribution in [0.3, 0.4) is 0 Å². The predicted molar refractivity (Wildman–Crippen MR) is 48.8 cm³/mol. The van der Waals surface area contributed by atoms with E-state index in [1.165, 1.54) is 0 Å². The van der Waals surface area contributed by atoms with E-state index < -0.39 is 6.49 Å². The van der Waals surface area contributed by atoms with Crippen LogP contribution in [0.2, 0.25) is 0 Å². The molecule has 0 heterocycles. The van der Waals surface area contributed by atoms with Crippen molar-refractivity contribution in [2.45, 2.75) is 25.6 Å². The summed E-state index contributed by atoms with van der Waals surface area (Å²) in [6, 6.07) is 0. The van der Waals surface area contributed by atoms with Crippen molar-refractivity contribution in [3.8, 4) is 0 Å². The van der Waals surface area contributed by atoms with E-state index in [2.05, 4.69) is 0 Å².